The van der Waals surface area contributed by atoms with Crippen molar-refractivity contribution in [1.29, 1.82) is 0 Å². The van der Waals surface area contributed by atoms with Crippen LogP contribution in [0.2, 0.25) is 0 Å². The van der Waals surface area contributed by atoms with Crippen molar-refractivity contribution in [3.05, 3.63) is 95.6 Å². The SMILES string of the molecule is COc1cc(N)c(-c2nnn(-c3ccc(CCN4CCc5cc(Cn6ccnc6)ccc5C4)cc3)n2)cc1OC. The first-order valence-electron chi connectivity index (χ1n) is 13.3. The fourth-order valence-corrected chi connectivity index (χ4v) is 5.15. The highest BCUT2D eigenvalue weighted by atomic mass is 16.5. The van der Waals surface area contributed by atoms with E-state index in [1.165, 1.54) is 27.1 Å². The third-order valence-electron chi connectivity index (χ3n) is 7.38. The number of hydrogen-bond donors (Lipinski definition) is 1. The van der Waals surface area contributed by atoms with Crippen LogP contribution in [0.15, 0.2) is 73.3 Å². The first-order chi connectivity index (χ1) is 19.6. The van der Waals surface area contributed by atoms with Gasteiger partial charge in [-0.2, -0.15) is 0 Å². The van der Waals surface area contributed by atoms with Crippen molar-refractivity contribution >= 4 is 5.69 Å². The van der Waals surface area contributed by atoms with Gasteiger partial charge in [0.2, 0.25) is 5.82 Å². The second kappa shape index (κ2) is 11.2. The standard InChI is InChI=1S/C30H32N8O2/c1-39-28-16-26(27(31)17-29(28)40-2)30-33-35-38(34-30)25-7-4-21(5-8-25)9-12-36-13-10-23-15-22(3-6-24(23)19-36)18-37-14-11-32-20-37/h3-8,11,14-17,20H,9-10,12-13,18-19,31H2,1-2H3. The van der Waals surface area contributed by atoms with Crippen LogP contribution in [0.25, 0.3) is 17.1 Å². The van der Waals surface area contributed by atoms with E-state index < -0.39 is 0 Å². The fraction of sp³-hybridized carbons (Fsp3) is 0.267. The minimum Gasteiger partial charge on any atom is -0.493 e. The van der Waals surface area contributed by atoms with E-state index in [4.69, 9.17) is 15.2 Å². The van der Waals surface area contributed by atoms with E-state index >= 15 is 0 Å². The number of hydrogen-bond acceptors (Lipinski definition) is 8. The van der Waals surface area contributed by atoms with Gasteiger partial charge in [-0.3, -0.25) is 4.90 Å². The molecule has 1 aliphatic rings. The zero-order valence-corrected chi connectivity index (χ0v) is 22.7. The zero-order valence-electron chi connectivity index (χ0n) is 22.7. The quantitative estimate of drug-likeness (QED) is 0.284. The maximum absolute atomic E-state index is 6.21. The van der Waals surface area contributed by atoms with Crippen molar-refractivity contribution in [2.45, 2.75) is 25.9 Å². The van der Waals surface area contributed by atoms with Gasteiger partial charge >= 0.3 is 0 Å². The van der Waals surface area contributed by atoms with Crippen LogP contribution >= 0.6 is 0 Å². The van der Waals surface area contributed by atoms with Gasteiger partial charge in [0.1, 0.15) is 0 Å². The van der Waals surface area contributed by atoms with Crippen molar-refractivity contribution in [2.24, 2.45) is 0 Å². The first-order valence-corrected chi connectivity index (χ1v) is 13.3. The Balaban J connectivity index is 1.07. The molecule has 0 bridgehead atoms. The second-order valence-corrected chi connectivity index (χ2v) is 9.98. The number of rotatable bonds is 9. The number of nitrogens with two attached hydrogens (primary N) is 1. The predicted molar refractivity (Wildman–Crippen MR) is 153 cm³/mol. The van der Waals surface area contributed by atoms with Crippen molar-refractivity contribution in [3.8, 4) is 28.6 Å². The van der Waals surface area contributed by atoms with E-state index in [1.54, 1.807) is 26.4 Å². The molecule has 204 valence electrons. The highest BCUT2D eigenvalue weighted by Gasteiger charge is 2.18. The Hall–Kier alpha value is -4.70. The minimum absolute atomic E-state index is 0.418. The largest absolute Gasteiger partial charge is 0.493 e. The molecule has 1 aliphatic heterocycles. The van der Waals surface area contributed by atoms with E-state index in [2.05, 4.69) is 60.2 Å². The van der Waals surface area contributed by atoms with Crippen molar-refractivity contribution < 1.29 is 9.47 Å². The van der Waals surface area contributed by atoms with E-state index in [-0.39, 0.29) is 0 Å². The highest BCUT2D eigenvalue weighted by Crippen LogP contribution is 2.35. The normalized spacial score (nSPS) is 13.2. The average molecular weight is 537 g/mol. The molecule has 6 rings (SSSR count). The zero-order chi connectivity index (χ0) is 27.5. The van der Waals surface area contributed by atoms with Gasteiger partial charge in [-0.15, -0.1) is 15.0 Å². The lowest BCUT2D eigenvalue weighted by atomic mass is 9.97. The van der Waals surface area contributed by atoms with Crippen LogP contribution in [0.3, 0.4) is 0 Å². The fourth-order valence-electron chi connectivity index (χ4n) is 5.15. The number of benzene rings is 3. The molecule has 0 spiro atoms. The Kier molecular flexibility index (Phi) is 7.15. The number of imidazole rings is 1. The van der Waals surface area contributed by atoms with Gasteiger partial charge in [-0.25, -0.2) is 4.98 Å². The Morgan fingerprint density at radius 2 is 1.73 bits per heavy atom. The first kappa shape index (κ1) is 25.6. The number of ether oxygens (including phenoxy) is 2. The molecule has 0 saturated carbocycles. The van der Waals surface area contributed by atoms with E-state index in [0.29, 0.717) is 28.6 Å². The number of methoxy groups -OCH3 is 2. The molecule has 3 heterocycles. The molecule has 0 unspecified atom stereocenters. The van der Waals surface area contributed by atoms with Gasteiger partial charge < -0.3 is 19.8 Å². The molecule has 0 amide bonds. The number of nitrogen functional groups attached to an aromatic ring is 1. The smallest absolute Gasteiger partial charge is 0.207 e. The summed E-state index contributed by atoms with van der Waals surface area (Å²) in [6, 6.07) is 18.6. The van der Waals surface area contributed by atoms with E-state index in [1.807, 2.05) is 30.9 Å². The molecule has 2 N–H and O–H groups in total. The minimum atomic E-state index is 0.418. The summed E-state index contributed by atoms with van der Waals surface area (Å²) in [4.78, 5) is 8.19. The average Bonchev–Trinajstić information content (AvgIpc) is 3.69. The summed E-state index contributed by atoms with van der Waals surface area (Å²) in [5, 5.41) is 13.0. The molecule has 0 fully saturated rings. The third-order valence-corrected chi connectivity index (χ3v) is 7.38. The maximum atomic E-state index is 6.21. The van der Waals surface area contributed by atoms with Crippen LogP contribution in [0.5, 0.6) is 11.5 Å². The monoisotopic (exact) mass is 536 g/mol. The molecule has 0 atom stereocenters. The summed E-state index contributed by atoms with van der Waals surface area (Å²) in [5.41, 5.74) is 13.7. The van der Waals surface area contributed by atoms with Crippen molar-refractivity contribution in [2.75, 3.05) is 33.0 Å². The molecule has 0 aliphatic carbocycles. The van der Waals surface area contributed by atoms with Gasteiger partial charge in [0.15, 0.2) is 11.5 Å². The van der Waals surface area contributed by atoms with Crippen molar-refractivity contribution in [1.82, 2.24) is 34.7 Å². The Morgan fingerprint density at radius 1 is 0.925 bits per heavy atom. The van der Waals surface area contributed by atoms with Crippen LogP contribution in [0, 0.1) is 0 Å². The molecule has 10 heteroatoms. The van der Waals surface area contributed by atoms with Crippen LogP contribution in [0.4, 0.5) is 5.69 Å². The van der Waals surface area contributed by atoms with Gasteiger partial charge in [0.05, 0.1) is 26.2 Å². The predicted octanol–water partition coefficient (Wildman–Crippen LogP) is 3.77. The number of fused-ring (bicyclic) bond motifs is 1. The summed E-state index contributed by atoms with van der Waals surface area (Å²) < 4.78 is 12.8. The number of tetrazole rings is 1. The topological polar surface area (TPSA) is 109 Å². The lowest BCUT2D eigenvalue weighted by Gasteiger charge is -2.29. The summed E-state index contributed by atoms with van der Waals surface area (Å²) in [6.07, 6.45) is 7.75. The highest BCUT2D eigenvalue weighted by molar-refractivity contribution is 5.75. The molecule has 40 heavy (non-hydrogen) atoms. The Bertz CT molecular complexity index is 1600. The second-order valence-electron chi connectivity index (χ2n) is 9.98. The molecular weight excluding hydrogens is 504 g/mol. The van der Waals surface area contributed by atoms with Crippen LogP contribution in [0.1, 0.15) is 22.3 Å². The molecule has 0 radical (unpaired) electrons. The van der Waals surface area contributed by atoms with E-state index in [9.17, 15) is 0 Å². The maximum Gasteiger partial charge on any atom is 0.207 e. The third kappa shape index (κ3) is 5.39. The lowest BCUT2D eigenvalue weighted by Crippen LogP contribution is -2.32. The van der Waals surface area contributed by atoms with Crippen molar-refractivity contribution in [3.63, 3.8) is 0 Å². The summed E-state index contributed by atoms with van der Waals surface area (Å²) in [6.45, 7) is 3.94. The molecule has 10 nitrogen and oxygen atoms in total. The van der Waals surface area contributed by atoms with Crippen LogP contribution in [-0.2, 0) is 25.9 Å². The molecule has 2 aromatic heterocycles. The van der Waals surface area contributed by atoms with Gasteiger partial charge in [-0.05, 0) is 58.5 Å². The van der Waals surface area contributed by atoms with Gasteiger partial charge in [0.25, 0.3) is 0 Å². The van der Waals surface area contributed by atoms with Crippen LogP contribution in [-0.4, -0.2) is 62.0 Å². The lowest BCUT2D eigenvalue weighted by molar-refractivity contribution is 0.257. The summed E-state index contributed by atoms with van der Waals surface area (Å²) in [7, 11) is 3.15. The van der Waals surface area contributed by atoms with Gasteiger partial charge in [0, 0.05) is 55.9 Å². The van der Waals surface area contributed by atoms with Gasteiger partial charge in [-0.1, -0.05) is 30.3 Å². The molecular formula is C30H32N8O2. The molecule has 5 aromatic rings. The number of anilines is 1. The van der Waals surface area contributed by atoms with Crippen LogP contribution < -0.4 is 15.2 Å². The summed E-state index contributed by atoms with van der Waals surface area (Å²) >= 11 is 0. The molecule has 3 aromatic carbocycles. The Labute approximate surface area is 233 Å². The number of aromatic nitrogens is 6. The Morgan fingerprint density at radius 3 is 2.50 bits per heavy atom. The molecule has 0 saturated heterocycles. The summed E-state index contributed by atoms with van der Waals surface area (Å²) in [5.74, 6) is 1.53. The van der Waals surface area contributed by atoms with E-state index in [0.717, 1.165) is 44.7 Å². The number of nitrogens with zero attached hydrogens (tertiary/aromatic N) is 7.